The summed E-state index contributed by atoms with van der Waals surface area (Å²) < 4.78 is 0. The van der Waals surface area contributed by atoms with Crippen molar-refractivity contribution in [3.05, 3.63) is 15.6 Å². The van der Waals surface area contributed by atoms with Crippen molar-refractivity contribution in [2.45, 2.75) is 0 Å². The van der Waals surface area contributed by atoms with E-state index in [9.17, 15) is 0 Å². The first kappa shape index (κ1) is 4.88. The summed E-state index contributed by atoms with van der Waals surface area (Å²) in [6.07, 6.45) is 0. The first-order valence-electron chi connectivity index (χ1n) is 0.778. The summed E-state index contributed by atoms with van der Waals surface area (Å²) in [5.41, 5.74) is 1.56. The van der Waals surface area contributed by atoms with Crippen molar-refractivity contribution in [1.82, 2.24) is 0 Å². The standard InChI is InChI=1S/CBrNO2/c2-1-3(4)5. The molecule has 0 atom stereocenters. The van der Waals surface area contributed by atoms with Crippen molar-refractivity contribution in [1.29, 1.82) is 0 Å². The lowest BCUT2D eigenvalue weighted by Gasteiger charge is -1.67. The molecule has 0 aromatic carbocycles. The first-order chi connectivity index (χ1) is 2.27. The molecule has 3 nitrogen and oxygen atoms in total. The Morgan fingerprint density at radius 3 is 2.20 bits per heavy atom. The highest BCUT2D eigenvalue weighted by atomic mass is 79.9. The van der Waals surface area contributed by atoms with Crippen molar-refractivity contribution in [2.75, 3.05) is 0 Å². The topological polar surface area (TPSA) is 43.1 Å². The van der Waals surface area contributed by atoms with Gasteiger partial charge in [0.05, 0.1) is 4.92 Å². The van der Waals surface area contributed by atoms with E-state index in [0.29, 0.717) is 0 Å². The Bertz CT molecular complexity index is 44.9. The lowest BCUT2D eigenvalue weighted by molar-refractivity contribution is -0.417. The Kier molecular flexibility index (Phi) is 2.09. The van der Waals surface area contributed by atoms with Crippen LogP contribution in [-0.4, -0.2) is 4.92 Å². The van der Waals surface area contributed by atoms with Gasteiger partial charge < -0.3 is 0 Å². The van der Waals surface area contributed by atoms with E-state index in [1.165, 1.54) is 0 Å². The van der Waals surface area contributed by atoms with Crippen molar-refractivity contribution in [3.63, 3.8) is 0 Å². The summed E-state index contributed by atoms with van der Waals surface area (Å²) >= 11 is 2.36. The van der Waals surface area contributed by atoms with Crippen LogP contribution in [0.1, 0.15) is 0 Å². The lowest BCUT2D eigenvalue weighted by Crippen LogP contribution is -1.81. The number of nitro groups is 1. The smallest absolute Gasteiger partial charge is 0.262 e. The molecule has 0 spiro atoms. The van der Waals surface area contributed by atoms with Crippen molar-refractivity contribution in [2.24, 2.45) is 0 Å². The second-order valence-corrected chi connectivity index (χ2v) is 0.696. The van der Waals surface area contributed by atoms with Crippen LogP contribution in [0.4, 0.5) is 0 Å². The van der Waals surface area contributed by atoms with Crippen LogP contribution in [0.25, 0.3) is 0 Å². The average Bonchev–Trinajstić information content (AvgIpc) is 1.38. The second-order valence-electron chi connectivity index (χ2n) is 0.342. The zero-order chi connectivity index (χ0) is 4.28. The van der Waals surface area contributed by atoms with E-state index in [-0.39, 0.29) is 0 Å². The number of hydrogen-bond acceptors (Lipinski definition) is 2. The molecule has 0 aliphatic rings. The third kappa shape index (κ3) is 3.88. The maximum absolute atomic E-state index is 9.02. The molecule has 5 heavy (non-hydrogen) atoms. The fourth-order valence-electron chi connectivity index (χ4n) is 0. The van der Waals surface area contributed by atoms with E-state index in [1.807, 2.05) is 0 Å². The van der Waals surface area contributed by atoms with E-state index in [4.69, 9.17) is 10.1 Å². The molecule has 0 unspecified atom stereocenters. The van der Waals surface area contributed by atoms with Gasteiger partial charge in [0.2, 0.25) is 0 Å². The molecule has 0 heterocycles. The first-order valence-corrected chi connectivity index (χ1v) is 1.57. The highest BCUT2D eigenvalue weighted by molar-refractivity contribution is 9.10. The van der Waals surface area contributed by atoms with Crippen molar-refractivity contribution < 1.29 is 4.92 Å². The SMILES string of the molecule is O=[N+]([O-])[C]Br. The van der Waals surface area contributed by atoms with Crippen LogP contribution in [0.2, 0.25) is 0 Å². The van der Waals surface area contributed by atoms with Gasteiger partial charge in [-0.1, -0.05) is 0 Å². The number of hydrogen-bond donors (Lipinski definition) is 0. The summed E-state index contributed by atoms with van der Waals surface area (Å²) in [4.78, 5) is 8.31. The van der Waals surface area contributed by atoms with Crippen LogP contribution in [0.5, 0.6) is 0 Å². The summed E-state index contributed by atoms with van der Waals surface area (Å²) in [5, 5.41) is 9.02. The number of nitrogens with zero attached hydrogens (tertiary/aromatic N) is 1. The maximum atomic E-state index is 9.02. The average molecular weight is 138 g/mol. The molecule has 0 aliphatic heterocycles. The third-order valence-electron chi connectivity index (χ3n) is 0.0690. The Labute approximate surface area is 37.3 Å². The number of rotatable bonds is 1. The molecule has 2 radical (unpaired) electrons. The van der Waals surface area contributed by atoms with Crippen molar-refractivity contribution in [3.8, 4) is 0 Å². The Balaban J connectivity index is 2.85. The van der Waals surface area contributed by atoms with E-state index < -0.39 is 4.92 Å². The second kappa shape index (κ2) is 2.14. The van der Waals surface area contributed by atoms with Gasteiger partial charge in [-0.15, -0.1) is 0 Å². The lowest BCUT2D eigenvalue weighted by atomic mass is 11.5. The van der Waals surface area contributed by atoms with Gasteiger partial charge in [-0.3, -0.25) is 10.1 Å². The Morgan fingerprint density at radius 2 is 2.20 bits per heavy atom. The van der Waals surface area contributed by atoms with Gasteiger partial charge in [-0.2, -0.15) is 0 Å². The minimum absolute atomic E-state index is 0.708. The molecule has 4 heteroatoms. The van der Waals surface area contributed by atoms with Gasteiger partial charge in [0.1, 0.15) is 0 Å². The minimum Gasteiger partial charge on any atom is -0.262 e. The molecule has 0 aliphatic carbocycles. The monoisotopic (exact) mass is 137 g/mol. The quantitative estimate of drug-likeness (QED) is 0.231. The third-order valence-corrected chi connectivity index (χ3v) is 0.359. The molecule has 0 fully saturated rings. The summed E-state index contributed by atoms with van der Waals surface area (Å²) in [6, 6.07) is 0. The van der Waals surface area contributed by atoms with Gasteiger partial charge in [0, 0.05) is 15.9 Å². The van der Waals surface area contributed by atoms with E-state index in [0.717, 1.165) is 0 Å². The molecule has 28 valence electrons. The van der Waals surface area contributed by atoms with Crippen molar-refractivity contribution >= 4 is 15.9 Å². The van der Waals surface area contributed by atoms with Gasteiger partial charge in [0.25, 0.3) is 0 Å². The van der Waals surface area contributed by atoms with Gasteiger partial charge in [-0.25, -0.2) is 0 Å². The predicted octanol–water partition coefficient (Wildman–Crippen LogP) is 0.654. The van der Waals surface area contributed by atoms with Crippen LogP contribution in [0, 0.1) is 15.6 Å². The highest BCUT2D eigenvalue weighted by Crippen LogP contribution is 1.84. The van der Waals surface area contributed by atoms with E-state index in [1.54, 1.807) is 5.45 Å². The number of halogens is 1. The van der Waals surface area contributed by atoms with Gasteiger partial charge in [-0.05, 0) is 0 Å². The summed E-state index contributed by atoms with van der Waals surface area (Å²) in [6.45, 7) is 0. The minimum atomic E-state index is -0.708. The van der Waals surface area contributed by atoms with E-state index >= 15 is 0 Å². The molecule has 0 aromatic heterocycles. The zero-order valence-electron chi connectivity index (χ0n) is 2.14. The fourth-order valence-corrected chi connectivity index (χ4v) is 0. The van der Waals surface area contributed by atoms with Crippen LogP contribution in [0.3, 0.4) is 0 Å². The molecular weight excluding hydrogens is 138 g/mol. The Morgan fingerprint density at radius 1 is 2.00 bits per heavy atom. The van der Waals surface area contributed by atoms with Crippen LogP contribution in [0.15, 0.2) is 0 Å². The van der Waals surface area contributed by atoms with Crippen LogP contribution >= 0.6 is 15.9 Å². The normalized spacial score (nSPS) is 7.40. The summed E-state index contributed by atoms with van der Waals surface area (Å²) in [7, 11) is 0. The molecule has 0 saturated carbocycles. The van der Waals surface area contributed by atoms with Gasteiger partial charge in [0.15, 0.2) is 0 Å². The zero-order valence-corrected chi connectivity index (χ0v) is 3.73. The van der Waals surface area contributed by atoms with Crippen LogP contribution in [-0.2, 0) is 0 Å². The Hall–Kier alpha value is -0.120. The molecular formula is CBrNO2. The fraction of sp³-hybridized carbons (Fsp3) is 0. The molecule has 0 bridgehead atoms. The largest absolute Gasteiger partial charge is 0.448 e. The molecule has 0 saturated heterocycles. The van der Waals surface area contributed by atoms with Gasteiger partial charge >= 0.3 is 5.45 Å². The highest BCUT2D eigenvalue weighted by Gasteiger charge is 1.88. The molecule has 0 rings (SSSR count). The molecule has 0 N–H and O–H groups in total. The van der Waals surface area contributed by atoms with Crippen LogP contribution < -0.4 is 0 Å². The molecule has 0 amide bonds. The maximum Gasteiger partial charge on any atom is 0.448 e. The summed E-state index contributed by atoms with van der Waals surface area (Å²) in [5.74, 6) is 0. The predicted molar refractivity (Wildman–Crippen MR) is 19.2 cm³/mol. The van der Waals surface area contributed by atoms with E-state index in [2.05, 4.69) is 15.9 Å². The molecule has 0 aromatic rings.